The summed E-state index contributed by atoms with van der Waals surface area (Å²) in [5.74, 6) is 0. The maximum absolute atomic E-state index is 11.3. The lowest BCUT2D eigenvalue weighted by molar-refractivity contribution is 0.408. The molecular formula is C12H17N3O. The fraction of sp³-hybridized carbons (Fsp3) is 0.583. The van der Waals surface area contributed by atoms with Crippen LogP contribution in [0.2, 0.25) is 0 Å². The Kier molecular flexibility index (Phi) is 4.24. The second kappa shape index (κ2) is 5.45. The van der Waals surface area contributed by atoms with E-state index in [1.165, 1.54) is 10.7 Å². The summed E-state index contributed by atoms with van der Waals surface area (Å²) in [5, 5.41) is 12.8. The minimum Gasteiger partial charge on any atom is -0.268 e. The standard InChI is InChI=1S/C12H17N3O/c1-12(2,10-13)7-3-4-9-15-11(16)6-5-8-14-15/h5-6,8H,3-4,7,9H2,1-2H3. The predicted octanol–water partition coefficient (Wildman–Crippen LogP) is 1.96. The minimum absolute atomic E-state index is 0.0676. The molecule has 4 nitrogen and oxygen atoms in total. The van der Waals surface area contributed by atoms with Gasteiger partial charge in [-0.2, -0.15) is 10.4 Å². The highest BCUT2D eigenvalue weighted by molar-refractivity contribution is 4.91. The molecule has 0 radical (unpaired) electrons. The van der Waals surface area contributed by atoms with Gasteiger partial charge in [0, 0.05) is 18.8 Å². The van der Waals surface area contributed by atoms with E-state index < -0.39 is 0 Å². The van der Waals surface area contributed by atoms with Crippen molar-refractivity contribution in [2.45, 2.75) is 39.7 Å². The first-order chi connectivity index (χ1) is 7.55. The third-order valence-corrected chi connectivity index (χ3v) is 2.51. The van der Waals surface area contributed by atoms with Gasteiger partial charge in [0.05, 0.1) is 11.5 Å². The molecule has 0 aliphatic carbocycles. The van der Waals surface area contributed by atoms with Gasteiger partial charge in [0.15, 0.2) is 0 Å². The number of aryl methyl sites for hydroxylation is 1. The topological polar surface area (TPSA) is 58.7 Å². The molecule has 0 bridgehead atoms. The molecule has 1 aromatic heterocycles. The number of rotatable bonds is 5. The molecule has 1 rings (SSSR count). The summed E-state index contributed by atoms with van der Waals surface area (Å²) in [4.78, 5) is 11.3. The second-order valence-corrected chi connectivity index (χ2v) is 4.54. The third-order valence-electron chi connectivity index (χ3n) is 2.51. The van der Waals surface area contributed by atoms with Crippen LogP contribution in [0.15, 0.2) is 23.1 Å². The molecule has 1 heterocycles. The van der Waals surface area contributed by atoms with E-state index in [0.29, 0.717) is 6.54 Å². The highest BCUT2D eigenvalue weighted by Crippen LogP contribution is 2.21. The van der Waals surface area contributed by atoms with E-state index in [-0.39, 0.29) is 11.0 Å². The number of unbranched alkanes of at least 4 members (excludes halogenated alkanes) is 1. The molecule has 86 valence electrons. The third kappa shape index (κ3) is 3.85. The summed E-state index contributed by atoms with van der Waals surface area (Å²) in [6, 6.07) is 5.41. The summed E-state index contributed by atoms with van der Waals surface area (Å²) in [5.41, 5.74) is -0.336. The molecule has 4 heteroatoms. The monoisotopic (exact) mass is 219 g/mol. The lowest BCUT2D eigenvalue weighted by Crippen LogP contribution is -2.21. The Hall–Kier alpha value is -1.63. The van der Waals surface area contributed by atoms with Crippen molar-refractivity contribution in [2.24, 2.45) is 5.41 Å². The van der Waals surface area contributed by atoms with Gasteiger partial charge in [-0.25, -0.2) is 4.68 Å². The van der Waals surface area contributed by atoms with Crippen molar-refractivity contribution < 1.29 is 0 Å². The normalized spacial score (nSPS) is 11.1. The van der Waals surface area contributed by atoms with Crippen LogP contribution in [0.25, 0.3) is 0 Å². The van der Waals surface area contributed by atoms with Crippen molar-refractivity contribution in [3.63, 3.8) is 0 Å². The Bertz CT molecular complexity index is 428. The van der Waals surface area contributed by atoms with E-state index in [9.17, 15) is 4.79 Å². The first-order valence-corrected chi connectivity index (χ1v) is 5.48. The molecule has 16 heavy (non-hydrogen) atoms. The number of hydrogen-bond donors (Lipinski definition) is 0. The molecule has 0 atom stereocenters. The van der Waals surface area contributed by atoms with Gasteiger partial charge in [0.2, 0.25) is 0 Å². The zero-order valence-corrected chi connectivity index (χ0v) is 9.81. The van der Waals surface area contributed by atoms with E-state index in [1.54, 1.807) is 12.3 Å². The quantitative estimate of drug-likeness (QED) is 0.711. The highest BCUT2D eigenvalue weighted by Gasteiger charge is 2.15. The van der Waals surface area contributed by atoms with E-state index in [1.807, 2.05) is 13.8 Å². The average Bonchev–Trinajstić information content (AvgIpc) is 2.27. The molecule has 1 aromatic rings. The molecule has 0 fully saturated rings. The number of nitrogens with zero attached hydrogens (tertiary/aromatic N) is 3. The molecule has 0 saturated heterocycles. The molecule has 0 unspecified atom stereocenters. The highest BCUT2D eigenvalue weighted by atomic mass is 16.1. The lowest BCUT2D eigenvalue weighted by Gasteiger charge is -2.14. The van der Waals surface area contributed by atoms with Gasteiger partial charge in [-0.05, 0) is 32.8 Å². The summed E-state index contributed by atoms with van der Waals surface area (Å²) in [6.45, 7) is 4.49. The Morgan fingerprint density at radius 1 is 1.50 bits per heavy atom. The van der Waals surface area contributed by atoms with Crippen LogP contribution in [0.3, 0.4) is 0 Å². The molecule has 0 aromatic carbocycles. The largest absolute Gasteiger partial charge is 0.268 e. The van der Waals surface area contributed by atoms with Crippen LogP contribution in [-0.4, -0.2) is 9.78 Å². The van der Waals surface area contributed by atoms with Crippen molar-refractivity contribution in [1.82, 2.24) is 9.78 Å². The Balaban J connectivity index is 2.35. The summed E-state index contributed by atoms with van der Waals surface area (Å²) >= 11 is 0. The maximum atomic E-state index is 11.3. The van der Waals surface area contributed by atoms with Gasteiger partial charge < -0.3 is 0 Å². The smallest absolute Gasteiger partial charge is 0.266 e. The first-order valence-electron chi connectivity index (χ1n) is 5.48. The molecule has 0 spiro atoms. The van der Waals surface area contributed by atoms with Crippen LogP contribution < -0.4 is 5.56 Å². The molecule has 0 amide bonds. The van der Waals surface area contributed by atoms with Crippen LogP contribution in [0.4, 0.5) is 0 Å². The molecule has 0 saturated carbocycles. The van der Waals surface area contributed by atoms with Crippen LogP contribution in [0.1, 0.15) is 33.1 Å². The zero-order chi connectivity index (χ0) is 12.0. The summed E-state index contributed by atoms with van der Waals surface area (Å²) in [6.07, 6.45) is 4.28. The van der Waals surface area contributed by atoms with Gasteiger partial charge in [-0.15, -0.1) is 0 Å². The van der Waals surface area contributed by atoms with E-state index in [4.69, 9.17) is 5.26 Å². The zero-order valence-electron chi connectivity index (χ0n) is 9.81. The molecule has 0 aliphatic rings. The predicted molar refractivity (Wildman–Crippen MR) is 61.7 cm³/mol. The van der Waals surface area contributed by atoms with Crippen LogP contribution >= 0.6 is 0 Å². The fourth-order valence-corrected chi connectivity index (χ4v) is 1.44. The second-order valence-electron chi connectivity index (χ2n) is 4.54. The first kappa shape index (κ1) is 12.4. The number of hydrogen-bond acceptors (Lipinski definition) is 3. The Labute approximate surface area is 95.5 Å². The summed E-state index contributed by atoms with van der Waals surface area (Å²) in [7, 11) is 0. The van der Waals surface area contributed by atoms with Crippen LogP contribution in [0.5, 0.6) is 0 Å². The van der Waals surface area contributed by atoms with Gasteiger partial charge in [-0.1, -0.05) is 6.42 Å². The number of aromatic nitrogens is 2. The molecule has 0 aliphatic heterocycles. The van der Waals surface area contributed by atoms with Gasteiger partial charge in [-0.3, -0.25) is 4.79 Å². The van der Waals surface area contributed by atoms with Crippen molar-refractivity contribution >= 4 is 0 Å². The Morgan fingerprint density at radius 3 is 2.88 bits per heavy atom. The lowest BCUT2D eigenvalue weighted by atomic mass is 9.89. The van der Waals surface area contributed by atoms with Crippen molar-refractivity contribution in [1.29, 1.82) is 5.26 Å². The SMILES string of the molecule is CC(C)(C#N)CCCCn1ncccc1=O. The van der Waals surface area contributed by atoms with E-state index in [2.05, 4.69) is 11.2 Å². The van der Waals surface area contributed by atoms with E-state index in [0.717, 1.165) is 19.3 Å². The maximum Gasteiger partial charge on any atom is 0.266 e. The fourth-order valence-electron chi connectivity index (χ4n) is 1.44. The van der Waals surface area contributed by atoms with Crippen LogP contribution in [-0.2, 0) is 6.54 Å². The van der Waals surface area contributed by atoms with Crippen molar-refractivity contribution in [3.05, 3.63) is 28.7 Å². The van der Waals surface area contributed by atoms with Crippen molar-refractivity contribution in [3.8, 4) is 6.07 Å². The molecule has 0 N–H and O–H groups in total. The summed E-state index contributed by atoms with van der Waals surface area (Å²) < 4.78 is 1.46. The van der Waals surface area contributed by atoms with Crippen LogP contribution in [0, 0.1) is 16.7 Å². The average molecular weight is 219 g/mol. The number of nitriles is 1. The molecular weight excluding hydrogens is 202 g/mol. The van der Waals surface area contributed by atoms with Gasteiger partial charge in [0.1, 0.15) is 0 Å². The Morgan fingerprint density at radius 2 is 2.25 bits per heavy atom. The van der Waals surface area contributed by atoms with Gasteiger partial charge in [0.25, 0.3) is 5.56 Å². The minimum atomic E-state index is -0.269. The van der Waals surface area contributed by atoms with E-state index >= 15 is 0 Å². The van der Waals surface area contributed by atoms with Gasteiger partial charge >= 0.3 is 0 Å². The van der Waals surface area contributed by atoms with Crippen molar-refractivity contribution in [2.75, 3.05) is 0 Å².